The normalized spacial score (nSPS) is 11.7. The number of aromatic nitrogens is 2. The van der Waals surface area contributed by atoms with Crippen molar-refractivity contribution in [3.63, 3.8) is 0 Å². The summed E-state index contributed by atoms with van der Waals surface area (Å²) in [6.07, 6.45) is 9.61. The fourth-order valence-electron chi connectivity index (χ4n) is 5.28. The molecule has 0 atom stereocenters. The van der Waals surface area contributed by atoms with E-state index in [4.69, 9.17) is 0 Å². The maximum Gasteiger partial charge on any atom is 0.0888 e. The molecule has 6 aromatic rings. The first kappa shape index (κ1) is 20.8. The smallest absolute Gasteiger partial charge is 0.0888 e. The molecular formula is C32H28N2. The highest BCUT2D eigenvalue weighted by molar-refractivity contribution is 6.23. The predicted molar refractivity (Wildman–Crippen MR) is 144 cm³/mol. The first-order valence-corrected chi connectivity index (χ1v) is 12.3. The molecule has 0 unspecified atom stereocenters. The highest BCUT2D eigenvalue weighted by atomic mass is 14.8. The van der Waals surface area contributed by atoms with E-state index in [1.165, 1.54) is 68.3 Å². The molecule has 2 aromatic heterocycles. The van der Waals surface area contributed by atoms with E-state index >= 15 is 0 Å². The van der Waals surface area contributed by atoms with Gasteiger partial charge in [0.25, 0.3) is 0 Å². The van der Waals surface area contributed by atoms with Crippen LogP contribution >= 0.6 is 0 Å². The van der Waals surface area contributed by atoms with Gasteiger partial charge in [-0.25, -0.2) is 0 Å². The molecule has 0 bridgehead atoms. The Labute approximate surface area is 200 Å². The van der Waals surface area contributed by atoms with E-state index in [0.29, 0.717) is 0 Å². The molecule has 2 heteroatoms. The van der Waals surface area contributed by atoms with Crippen LogP contribution in [-0.2, 0) is 12.8 Å². The lowest BCUT2D eigenvalue weighted by Crippen LogP contribution is -1.93. The molecule has 0 saturated carbocycles. The van der Waals surface area contributed by atoms with E-state index < -0.39 is 0 Å². The number of pyridine rings is 2. The Hall–Kier alpha value is -3.78. The molecule has 0 fully saturated rings. The van der Waals surface area contributed by atoms with Crippen LogP contribution in [0.15, 0.2) is 91.3 Å². The molecule has 2 nitrogen and oxygen atoms in total. The molecule has 0 N–H and O–H groups in total. The zero-order valence-corrected chi connectivity index (χ0v) is 19.6. The fourth-order valence-corrected chi connectivity index (χ4v) is 5.28. The van der Waals surface area contributed by atoms with Gasteiger partial charge in [-0.15, -0.1) is 0 Å². The number of rotatable bonds is 7. The summed E-state index contributed by atoms with van der Waals surface area (Å²) >= 11 is 0. The zero-order valence-electron chi connectivity index (χ0n) is 19.6. The van der Waals surface area contributed by atoms with Crippen LogP contribution in [0.1, 0.15) is 36.0 Å². The molecule has 0 amide bonds. The Morgan fingerprint density at radius 1 is 0.588 bits per heavy atom. The lowest BCUT2D eigenvalue weighted by molar-refractivity contribution is 0.680. The lowest BCUT2D eigenvalue weighted by Gasteiger charge is -2.14. The second kappa shape index (κ2) is 8.87. The van der Waals surface area contributed by atoms with E-state index in [1.807, 2.05) is 18.5 Å². The first-order chi connectivity index (χ1) is 16.8. The van der Waals surface area contributed by atoms with Gasteiger partial charge in [0.2, 0.25) is 0 Å². The summed E-state index contributed by atoms with van der Waals surface area (Å²) in [5, 5.41) is 8.29. The van der Waals surface area contributed by atoms with Crippen molar-refractivity contribution >= 4 is 32.3 Å². The third-order valence-electron chi connectivity index (χ3n) is 7.03. The van der Waals surface area contributed by atoms with Gasteiger partial charge in [-0.05, 0) is 106 Å². The fraction of sp³-hybridized carbons (Fsp3) is 0.188. The quantitative estimate of drug-likeness (QED) is 0.184. The maximum atomic E-state index is 4.54. The summed E-state index contributed by atoms with van der Waals surface area (Å²) in [4.78, 5) is 9.02. The number of unbranched alkanes of at least 4 members (excludes halogenated alkanes) is 2. The highest BCUT2D eigenvalue weighted by Gasteiger charge is 2.10. The van der Waals surface area contributed by atoms with Crippen molar-refractivity contribution in [1.82, 2.24) is 9.97 Å². The standard InChI is InChI=1S/C32H28N2/c1-22-16-18-33-29(20-22)30-21-23(17-19-34-30)6-3-2-4-7-24-10-11-27-13-12-25-8-5-9-26-14-15-28(24)32(27)31(25)26/h5,8-21H,2-4,6-7H2,1H3. The van der Waals surface area contributed by atoms with Gasteiger partial charge < -0.3 is 0 Å². The van der Waals surface area contributed by atoms with Gasteiger partial charge in [-0.3, -0.25) is 9.97 Å². The summed E-state index contributed by atoms with van der Waals surface area (Å²) in [5.41, 5.74) is 5.95. The van der Waals surface area contributed by atoms with Gasteiger partial charge in [0, 0.05) is 12.4 Å². The molecule has 2 heterocycles. The summed E-state index contributed by atoms with van der Waals surface area (Å²) < 4.78 is 0. The second-order valence-corrected chi connectivity index (χ2v) is 9.41. The highest BCUT2D eigenvalue weighted by Crippen LogP contribution is 2.36. The van der Waals surface area contributed by atoms with Gasteiger partial charge in [0.05, 0.1) is 11.4 Å². The van der Waals surface area contributed by atoms with Gasteiger partial charge in [-0.2, -0.15) is 0 Å². The summed E-state index contributed by atoms with van der Waals surface area (Å²) in [6.45, 7) is 2.09. The minimum Gasteiger partial charge on any atom is -0.255 e. The minimum absolute atomic E-state index is 0.954. The first-order valence-electron chi connectivity index (χ1n) is 12.3. The monoisotopic (exact) mass is 440 g/mol. The molecular weight excluding hydrogens is 412 g/mol. The van der Waals surface area contributed by atoms with Crippen LogP contribution in [0, 0.1) is 6.92 Å². The molecule has 0 aliphatic carbocycles. The number of hydrogen-bond donors (Lipinski definition) is 0. The SMILES string of the molecule is Cc1ccnc(-c2cc(CCCCCc3ccc4ccc5cccc6ccc3c4c56)ccn2)c1. The molecule has 6 rings (SSSR count). The van der Waals surface area contributed by atoms with Crippen molar-refractivity contribution in [2.24, 2.45) is 0 Å². The Bertz CT molecular complexity index is 1580. The Balaban J connectivity index is 1.13. The van der Waals surface area contributed by atoms with Crippen LogP contribution in [0.3, 0.4) is 0 Å². The third kappa shape index (κ3) is 3.90. The van der Waals surface area contributed by atoms with Crippen molar-refractivity contribution in [2.45, 2.75) is 39.0 Å². The van der Waals surface area contributed by atoms with E-state index in [-0.39, 0.29) is 0 Å². The third-order valence-corrected chi connectivity index (χ3v) is 7.03. The van der Waals surface area contributed by atoms with Gasteiger partial charge >= 0.3 is 0 Å². The van der Waals surface area contributed by atoms with Crippen molar-refractivity contribution in [3.05, 3.63) is 108 Å². The molecule has 4 aromatic carbocycles. The maximum absolute atomic E-state index is 4.54. The summed E-state index contributed by atoms with van der Waals surface area (Å²) in [6, 6.07) is 28.9. The van der Waals surface area contributed by atoms with Crippen LogP contribution < -0.4 is 0 Å². The van der Waals surface area contributed by atoms with Gasteiger partial charge in [-0.1, -0.05) is 61.0 Å². The van der Waals surface area contributed by atoms with E-state index in [9.17, 15) is 0 Å². The second-order valence-electron chi connectivity index (χ2n) is 9.41. The van der Waals surface area contributed by atoms with Gasteiger partial charge in [0.1, 0.15) is 0 Å². The molecule has 0 saturated heterocycles. The Kier molecular flexibility index (Phi) is 5.43. The van der Waals surface area contributed by atoms with Crippen molar-refractivity contribution in [2.75, 3.05) is 0 Å². The minimum atomic E-state index is 0.954. The number of aryl methyl sites for hydroxylation is 3. The van der Waals surface area contributed by atoms with Crippen LogP contribution in [0.2, 0.25) is 0 Å². The summed E-state index contributed by atoms with van der Waals surface area (Å²) in [5.74, 6) is 0. The average Bonchev–Trinajstić information content (AvgIpc) is 2.88. The average molecular weight is 441 g/mol. The van der Waals surface area contributed by atoms with Crippen molar-refractivity contribution in [3.8, 4) is 11.4 Å². The molecule has 0 aliphatic rings. The van der Waals surface area contributed by atoms with Crippen LogP contribution in [0.4, 0.5) is 0 Å². The van der Waals surface area contributed by atoms with Crippen LogP contribution in [0.25, 0.3) is 43.7 Å². The Morgan fingerprint density at radius 3 is 2.09 bits per heavy atom. The molecule has 0 radical (unpaired) electrons. The van der Waals surface area contributed by atoms with Crippen molar-refractivity contribution in [1.29, 1.82) is 0 Å². The predicted octanol–water partition coefficient (Wildman–Crippen LogP) is 8.30. The van der Waals surface area contributed by atoms with E-state index in [1.54, 1.807) is 0 Å². The van der Waals surface area contributed by atoms with Crippen LogP contribution in [0.5, 0.6) is 0 Å². The number of nitrogens with zero attached hydrogens (tertiary/aromatic N) is 2. The largest absolute Gasteiger partial charge is 0.255 e. The summed E-state index contributed by atoms with van der Waals surface area (Å²) in [7, 11) is 0. The molecule has 34 heavy (non-hydrogen) atoms. The van der Waals surface area contributed by atoms with Gasteiger partial charge in [0.15, 0.2) is 0 Å². The number of hydrogen-bond acceptors (Lipinski definition) is 2. The molecule has 166 valence electrons. The zero-order chi connectivity index (χ0) is 22.9. The number of benzene rings is 4. The van der Waals surface area contributed by atoms with Crippen molar-refractivity contribution < 1.29 is 0 Å². The Morgan fingerprint density at radius 2 is 1.26 bits per heavy atom. The molecule has 0 aliphatic heterocycles. The van der Waals surface area contributed by atoms with E-state index in [2.05, 4.69) is 89.7 Å². The van der Waals surface area contributed by atoms with E-state index in [0.717, 1.165) is 24.2 Å². The molecule has 0 spiro atoms. The topological polar surface area (TPSA) is 25.8 Å². The lowest BCUT2D eigenvalue weighted by atomic mass is 9.90. The van der Waals surface area contributed by atoms with Crippen LogP contribution in [-0.4, -0.2) is 9.97 Å².